The Hall–Kier alpha value is -3.11. The Kier molecular flexibility index (Phi) is 7.00. The molecule has 0 saturated carbocycles. The Balaban J connectivity index is 1.32. The summed E-state index contributed by atoms with van der Waals surface area (Å²) in [6, 6.07) is 29.1. The van der Waals surface area contributed by atoms with E-state index in [9.17, 15) is 4.79 Å². The number of nitrogens with one attached hydrogen (secondary N) is 1. The second-order valence-electron chi connectivity index (χ2n) is 8.34. The van der Waals surface area contributed by atoms with Crippen LogP contribution in [0, 0.1) is 5.92 Å². The van der Waals surface area contributed by atoms with Crippen LogP contribution in [-0.4, -0.2) is 30.4 Å². The van der Waals surface area contributed by atoms with Gasteiger partial charge in [0, 0.05) is 12.2 Å². The number of amides is 1. The van der Waals surface area contributed by atoms with Crippen molar-refractivity contribution >= 4 is 11.6 Å². The molecule has 0 unspecified atom stereocenters. The first kappa shape index (κ1) is 21.1. The number of hydrogen-bond donors (Lipinski definition) is 2. The maximum absolute atomic E-state index is 12.4. The first-order chi connectivity index (χ1) is 15.2. The van der Waals surface area contributed by atoms with Crippen LogP contribution in [0.2, 0.25) is 0 Å². The van der Waals surface area contributed by atoms with E-state index in [1.807, 2.05) is 12.1 Å². The maximum atomic E-state index is 12.4. The van der Waals surface area contributed by atoms with Gasteiger partial charge in [0.2, 0.25) is 0 Å². The minimum Gasteiger partial charge on any atom is -0.398 e. The van der Waals surface area contributed by atoms with Gasteiger partial charge in [-0.3, -0.25) is 9.69 Å². The molecule has 4 rings (SSSR count). The molecule has 1 saturated heterocycles. The van der Waals surface area contributed by atoms with Crippen molar-refractivity contribution in [2.24, 2.45) is 5.92 Å². The van der Waals surface area contributed by atoms with Crippen LogP contribution in [0.3, 0.4) is 0 Å². The molecule has 3 N–H and O–H groups in total. The molecule has 3 aromatic carbocycles. The molecule has 1 heterocycles. The fraction of sp³-hybridized carbons (Fsp3) is 0.296. The molecule has 4 nitrogen and oxygen atoms in total. The first-order valence-corrected chi connectivity index (χ1v) is 11.2. The van der Waals surface area contributed by atoms with Crippen LogP contribution < -0.4 is 11.1 Å². The van der Waals surface area contributed by atoms with E-state index in [0.717, 1.165) is 32.4 Å². The van der Waals surface area contributed by atoms with Gasteiger partial charge in [0.15, 0.2) is 0 Å². The van der Waals surface area contributed by atoms with Gasteiger partial charge in [-0.1, -0.05) is 72.8 Å². The van der Waals surface area contributed by atoms with Gasteiger partial charge in [0.25, 0.3) is 5.91 Å². The molecule has 4 heteroatoms. The highest BCUT2D eigenvalue weighted by Gasteiger charge is 2.27. The summed E-state index contributed by atoms with van der Waals surface area (Å²) < 4.78 is 0. The van der Waals surface area contributed by atoms with Crippen LogP contribution in [-0.2, 0) is 0 Å². The van der Waals surface area contributed by atoms with E-state index in [-0.39, 0.29) is 5.91 Å². The van der Waals surface area contributed by atoms with Crippen molar-refractivity contribution < 1.29 is 4.79 Å². The third kappa shape index (κ3) is 5.33. The third-order valence-electron chi connectivity index (χ3n) is 6.29. The Morgan fingerprint density at radius 1 is 0.871 bits per heavy atom. The van der Waals surface area contributed by atoms with Crippen molar-refractivity contribution in [3.8, 4) is 0 Å². The molecule has 0 spiro atoms. The van der Waals surface area contributed by atoms with Gasteiger partial charge < -0.3 is 11.1 Å². The number of rotatable bonds is 7. The van der Waals surface area contributed by atoms with E-state index in [0.29, 0.717) is 29.8 Å². The van der Waals surface area contributed by atoms with Crippen molar-refractivity contribution in [3.05, 3.63) is 102 Å². The number of para-hydroxylation sites is 1. The highest BCUT2D eigenvalue weighted by Crippen LogP contribution is 2.33. The van der Waals surface area contributed by atoms with Gasteiger partial charge in [0.1, 0.15) is 0 Å². The van der Waals surface area contributed by atoms with Crippen LogP contribution in [0.5, 0.6) is 0 Å². The van der Waals surface area contributed by atoms with Crippen LogP contribution in [0.25, 0.3) is 0 Å². The largest absolute Gasteiger partial charge is 0.398 e. The summed E-state index contributed by atoms with van der Waals surface area (Å²) in [5, 5.41) is 3.04. The first-order valence-electron chi connectivity index (χ1n) is 11.2. The number of carbonyl (C=O) groups excluding carboxylic acids is 1. The van der Waals surface area contributed by atoms with E-state index < -0.39 is 0 Å². The van der Waals surface area contributed by atoms with Gasteiger partial charge in [-0.25, -0.2) is 0 Å². The number of hydrogen-bond acceptors (Lipinski definition) is 3. The molecule has 1 aliphatic heterocycles. The third-order valence-corrected chi connectivity index (χ3v) is 6.29. The van der Waals surface area contributed by atoms with Gasteiger partial charge in [0.05, 0.1) is 11.6 Å². The lowest BCUT2D eigenvalue weighted by molar-refractivity contribution is 0.0947. The molecule has 0 radical (unpaired) electrons. The van der Waals surface area contributed by atoms with Crippen molar-refractivity contribution in [2.45, 2.75) is 25.3 Å². The van der Waals surface area contributed by atoms with Gasteiger partial charge in [-0.15, -0.1) is 0 Å². The summed E-state index contributed by atoms with van der Waals surface area (Å²) in [6.07, 6.45) is 3.31. The minimum absolute atomic E-state index is 0.0799. The Morgan fingerprint density at radius 3 is 2.00 bits per heavy atom. The van der Waals surface area contributed by atoms with Gasteiger partial charge in [-0.05, 0) is 61.5 Å². The van der Waals surface area contributed by atoms with Crippen molar-refractivity contribution in [1.29, 1.82) is 0 Å². The SMILES string of the molecule is Nc1ccccc1C(=O)NCCC1CCN(C(c2ccccc2)c2ccccc2)CC1. The fourth-order valence-electron chi connectivity index (χ4n) is 4.57. The molecule has 1 aliphatic rings. The summed E-state index contributed by atoms with van der Waals surface area (Å²) in [7, 11) is 0. The van der Waals surface area contributed by atoms with Gasteiger partial charge >= 0.3 is 0 Å². The predicted octanol–water partition coefficient (Wildman–Crippen LogP) is 4.89. The number of benzene rings is 3. The number of nitrogens with zero attached hydrogens (tertiary/aromatic N) is 1. The number of nitrogens with two attached hydrogens (primary N) is 1. The normalized spacial score (nSPS) is 15.1. The molecule has 3 aromatic rings. The zero-order valence-electron chi connectivity index (χ0n) is 17.9. The molecule has 1 amide bonds. The predicted molar refractivity (Wildman–Crippen MR) is 127 cm³/mol. The van der Waals surface area contributed by atoms with E-state index in [1.54, 1.807) is 12.1 Å². The molecule has 0 aliphatic carbocycles. The lowest BCUT2D eigenvalue weighted by atomic mass is 9.89. The Labute approximate surface area is 185 Å². The summed E-state index contributed by atoms with van der Waals surface area (Å²) >= 11 is 0. The zero-order valence-corrected chi connectivity index (χ0v) is 17.9. The highest BCUT2D eigenvalue weighted by molar-refractivity contribution is 5.99. The smallest absolute Gasteiger partial charge is 0.253 e. The fourth-order valence-corrected chi connectivity index (χ4v) is 4.57. The molecule has 1 fully saturated rings. The molecular weight excluding hydrogens is 382 g/mol. The van der Waals surface area contributed by atoms with E-state index in [1.165, 1.54) is 11.1 Å². The quantitative estimate of drug-likeness (QED) is 0.542. The number of likely N-dealkylation sites (tertiary alicyclic amines) is 1. The topological polar surface area (TPSA) is 58.4 Å². The highest BCUT2D eigenvalue weighted by atomic mass is 16.1. The Bertz CT molecular complexity index is 927. The minimum atomic E-state index is -0.0799. The maximum Gasteiger partial charge on any atom is 0.253 e. The molecule has 0 bridgehead atoms. The summed E-state index contributed by atoms with van der Waals surface area (Å²) in [4.78, 5) is 15.0. The molecule has 0 aromatic heterocycles. The monoisotopic (exact) mass is 413 g/mol. The van der Waals surface area contributed by atoms with E-state index in [2.05, 4.69) is 70.9 Å². The lowest BCUT2D eigenvalue weighted by Gasteiger charge is -2.38. The standard InChI is InChI=1S/C27H31N3O/c28-25-14-8-7-13-24(25)27(31)29-18-15-21-16-19-30(20-17-21)26(22-9-3-1-4-10-22)23-11-5-2-6-12-23/h1-14,21,26H,15-20,28H2,(H,29,31). The van der Waals surface area contributed by atoms with E-state index >= 15 is 0 Å². The van der Waals surface area contributed by atoms with Crippen LogP contribution in [0.15, 0.2) is 84.9 Å². The average molecular weight is 414 g/mol. The van der Waals surface area contributed by atoms with Crippen molar-refractivity contribution in [3.63, 3.8) is 0 Å². The van der Waals surface area contributed by atoms with Crippen LogP contribution in [0.4, 0.5) is 5.69 Å². The zero-order chi connectivity index (χ0) is 21.5. The molecule has 31 heavy (non-hydrogen) atoms. The van der Waals surface area contributed by atoms with Crippen LogP contribution in [0.1, 0.15) is 46.8 Å². The second kappa shape index (κ2) is 10.3. The Morgan fingerprint density at radius 2 is 1.42 bits per heavy atom. The second-order valence-corrected chi connectivity index (χ2v) is 8.34. The van der Waals surface area contributed by atoms with Crippen LogP contribution >= 0.6 is 0 Å². The number of piperidine rings is 1. The summed E-state index contributed by atoms with van der Waals surface area (Å²) in [5.41, 5.74) is 9.69. The summed E-state index contributed by atoms with van der Waals surface area (Å²) in [5.74, 6) is 0.556. The van der Waals surface area contributed by atoms with Crippen molar-refractivity contribution in [1.82, 2.24) is 10.2 Å². The number of nitrogen functional groups attached to an aromatic ring is 1. The number of anilines is 1. The molecule has 0 atom stereocenters. The van der Waals surface area contributed by atoms with E-state index in [4.69, 9.17) is 5.73 Å². The molecular formula is C27H31N3O. The van der Waals surface area contributed by atoms with Gasteiger partial charge in [-0.2, -0.15) is 0 Å². The summed E-state index contributed by atoms with van der Waals surface area (Å²) in [6.45, 7) is 2.83. The van der Waals surface area contributed by atoms with Crippen molar-refractivity contribution in [2.75, 3.05) is 25.4 Å². The average Bonchev–Trinajstić information content (AvgIpc) is 2.82. The number of carbonyl (C=O) groups is 1. The molecule has 160 valence electrons. The lowest BCUT2D eigenvalue weighted by Crippen LogP contribution is -2.38.